The van der Waals surface area contributed by atoms with Crippen molar-refractivity contribution in [2.45, 2.75) is 24.9 Å². The van der Waals surface area contributed by atoms with Crippen LogP contribution in [0.4, 0.5) is 32.0 Å². The number of carbonyl (C=O) groups excluding carboxylic acids is 1. The number of nitrogens with zero attached hydrogens (tertiary/aromatic N) is 2. The van der Waals surface area contributed by atoms with Crippen LogP contribution in [0.3, 0.4) is 0 Å². The molecule has 1 heterocycles. The molecule has 0 aliphatic carbocycles. The number of ether oxygens (including phenoxy) is 1. The molecule has 0 saturated heterocycles. The zero-order valence-corrected chi connectivity index (χ0v) is 15.7. The lowest BCUT2D eigenvalue weighted by molar-refractivity contribution is -0.297. The number of amides is 1. The Morgan fingerprint density at radius 1 is 1.13 bits per heavy atom. The summed E-state index contributed by atoms with van der Waals surface area (Å²) in [6.45, 7) is -2.38. The first-order valence-electron chi connectivity index (χ1n) is 8.79. The third-order valence-electron chi connectivity index (χ3n) is 4.30. The van der Waals surface area contributed by atoms with Crippen molar-refractivity contribution in [3.63, 3.8) is 0 Å². The van der Waals surface area contributed by atoms with E-state index < -0.39 is 43.2 Å². The highest BCUT2D eigenvalue weighted by Crippen LogP contribution is 2.36. The SMILES string of the molecule is NC(=O)C1=NN(c2cccc(COCC(F)(F)C(F)(F)F)c2)C(c2ccccc2F)N1. The number of halogens is 6. The highest BCUT2D eigenvalue weighted by atomic mass is 19.4. The molecule has 0 radical (unpaired) electrons. The van der Waals surface area contributed by atoms with Gasteiger partial charge >= 0.3 is 12.1 Å². The number of hydrogen-bond acceptors (Lipinski definition) is 5. The number of anilines is 1. The van der Waals surface area contributed by atoms with Crippen LogP contribution in [0.15, 0.2) is 53.6 Å². The van der Waals surface area contributed by atoms with Gasteiger partial charge in [0.25, 0.3) is 5.91 Å². The van der Waals surface area contributed by atoms with Gasteiger partial charge in [-0.05, 0) is 23.8 Å². The van der Waals surface area contributed by atoms with Crippen LogP contribution in [-0.4, -0.2) is 30.4 Å². The number of hydrazone groups is 1. The van der Waals surface area contributed by atoms with E-state index in [0.717, 1.165) is 0 Å². The van der Waals surface area contributed by atoms with E-state index in [1.165, 1.54) is 47.5 Å². The van der Waals surface area contributed by atoms with Crippen molar-refractivity contribution in [2.24, 2.45) is 10.8 Å². The van der Waals surface area contributed by atoms with E-state index in [2.05, 4.69) is 15.2 Å². The van der Waals surface area contributed by atoms with E-state index in [0.29, 0.717) is 5.69 Å². The van der Waals surface area contributed by atoms with E-state index in [1.54, 1.807) is 6.07 Å². The lowest BCUT2D eigenvalue weighted by Crippen LogP contribution is -2.40. The van der Waals surface area contributed by atoms with Gasteiger partial charge in [-0.15, -0.1) is 5.10 Å². The Labute approximate surface area is 172 Å². The standard InChI is InChI=1S/C19H16F6N4O2/c20-14-7-2-1-6-13(14)17-27-16(15(26)30)28-29(17)12-5-3-4-11(8-12)9-31-10-18(21,22)19(23,24)25/h1-8,17H,9-10H2,(H2,26,30)(H,27,28). The minimum absolute atomic E-state index is 0.147. The molecule has 0 aromatic heterocycles. The van der Waals surface area contributed by atoms with Crippen molar-refractivity contribution < 1.29 is 35.9 Å². The fourth-order valence-corrected chi connectivity index (χ4v) is 2.79. The predicted molar refractivity (Wildman–Crippen MR) is 98.5 cm³/mol. The second kappa shape index (κ2) is 8.46. The Hall–Kier alpha value is -3.28. The van der Waals surface area contributed by atoms with Crippen molar-refractivity contribution in [1.29, 1.82) is 0 Å². The van der Waals surface area contributed by atoms with Crippen LogP contribution in [-0.2, 0) is 16.1 Å². The molecule has 1 amide bonds. The first-order valence-corrected chi connectivity index (χ1v) is 8.79. The summed E-state index contributed by atoms with van der Waals surface area (Å²) in [6, 6.07) is 11.6. The Kier molecular flexibility index (Phi) is 6.11. The summed E-state index contributed by atoms with van der Waals surface area (Å²) in [5, 5.41) is 7.98. The molecule has 2 aromatic carbocycles. The lowest BCUT2D eigenvalue weighted by atomic mass is 10.1. The van der Waals surface area contributed by atoms with E-state index in [1.807, 2.05) is 0 Å². The molecule has 6 nitrogen and oxygen atoms in total. The van der Waals surface area contributed by atoms with Gasteiger partial charge in [-0.2, -0.15) is 22.0 Å². The summed E-state index contributed by atoms with van der Waals surface area (Å²) in [4.78, 5) is 11.5. The lowest BCUT2D eigenvalue weighted by Gasteiger charge is -2.24. The molecule has 12 heteroatoms. The summed E-state index contributed by atoms with van der Waals surface area (Å²) in [6.07, 6.45) is -6.67. The van der Waals surface area contributed by atoms with E-state index in [4.69, 9.17) is 5.73 Å². The number of primary amides is 1. The maximum atomic E-state index is 14.3. The molecule has 166 valence electrons. The normalized spacial score (nSPS) is 16.8. The molecule has 2 aromatic rings. The van der Waals surface area contributed by atoms with Crippen molar-refractivity contribution in [3.8, 4) is 0 Å². The predicted octanol–water partition coefficient (Wildman–Crippen LogP) is 3.45. The maximum absolute atomic E-state index is 14.3. The third-order valence-corrected chi connectivity index (χ3v) is 4.30. The van der Waals surface area contributed by atoms with Crippen LogP contribution in [0.5, 0.6) is 0 Å². The van der Waals surface area contributed by atoms with Gasteiger partial charge < -0.3 is 15.8 Å². The monoisotopic (exact) mass is 446 g/mol. The molecule has 1 atom stereocenters. The highest BCUT2D eigenvalue weighted by Gasteiger charge is 2.57. The molecule has 1 aliphatic rings. The second-order valence-electron chi connectivity index (χ2n) is 6.59. The average molecular weight is 446 g/mol. The zero-order chi connectivity index (χ0) is 22.8. The van der Waals surface area contributed by atoms with Crippen LogP contribution in [0, 0.1) is 5.82 Å². The molecular formula is C19H16F6N4O2. The van der Waals surface area contributed by atoms with Gasteiger partial charge in [0.1, 0.15) is 12.4 Å². The first kappa shape index (κ1) is 22.4. The number of rotatable bonds is 7. The number of nitrogens with two attached hydrogens (primary N) is 1. The number of benzene rings is 2. The molecule has 0 saturated carbocycles. The van der Waals surface area contributed by atoms with Gasteiger partial charge in [-0.3, -0.25) is 4.79 Å². The minimum Gasteiger partial charge on any atom is -0.370 e. The van der Waals surface area contributed by atoms with Crippen molar-refractivity contribution >= 4 is 17.4 Å². The molecule has 0 fully saturated rings. The van der Waals surface area contributed by atoms with E-state index in [-0.39, 0.29) is 17.0 Å². The van der Waals surface area contributed by atoms with Gasteiger partial charge in [0.15, 0.2) is 6.17 Å². The molecule has 31 heavy (non-hydrogen) atoms. The third kappa shape index (κ3) is 4.90. The molecule has 1 unspecified atom stereocenters. The van der Waals surface area contributed by atoms with Crippen LogP contribution in [0.1, 0.15) is 17.3 Å². The Bertz CT molecular complexity index is 995. The fourth-order valence-electron chi connectivity index (χ4n) is 2.79. The van der Waals surface area contributed by atoms with Gasteiger partial charge in [-0.1, -0.05) is 30.3 Å². The maximum Gasteiger partial charge on any atom is 0.455 e. The Balaban J connectivity index is 1.82. The van der Waals surface area contributed by atoms with Crippen LogP contribution < -0.4 is 16.1 Å². The van der Waals surface area contributed by atoms with Gasteiger partial charge in [-0.25, -0.2) is 9.40 Å². The molecular weight excluding hydrogens is 430 g/mol. The van der Waals surface area contributed by atoms with Gasteiger partial charge in [0, 0.05) is 5.56 Å². The van der Waals surface area contributed by atoms with Crippen LogP contribution in [0.2, 0.25) is 0 Å². The molecule has 3 N–H and O–H groups in total. The number of hydrogen-bond donors (Lipinski definition) is 2. The summed E-state index contributed by atoms with van der Waals surface area (Å²) in [5.74, 6) is -6.70. The first-order chi connectivity index (χ1) is 14.5. The van der Waals surface area contributed by atoms with E-state index >= 15 is 0 Å². The molecule has 0 bridgehead atoms. The van der Waals surface area contributed by atoms with Crippen molar-refractivity contribution in [2.75, 3.05) is 11.6 Å². The van der Waals surface area contributed by atoms with Crippen LogP contribution >= 0.6 is 0 Å². The number of alkyl halides is 5. The van der Waals surface area contributed by atoms with Crippen molar-refractivity contribution in [1.82, 2.24) is 5.32 Å². The number of carbonyl (C=O) groups is 1. The van der Waals surface area contributed by atoms with Crippen molar-refractivity contribution in [3.05, 3.63) is 65.5 Å². The Morgan fingerprint density at radius 2 is 1.84 bits per heavy atom. The summed E-state index contributed by atoms with van der Waals surface area (Å²) >= 11 is 0. The van der Waals surface area contributed by atoms with Gasteiger partial charge in [0.05, 0.1) is 12.3 Å². The number of nitrogens with one attached hydrogen (secondary N) is 1. The number of amidine groups is 1. The summed E-state index contributed by atoms with van der Waals surface area (Å²) in [7, 11) is 0. The molecule has 0 spiro atoms. The average Bonchev–Trinajstić information content (AvgIpc) is 3.13. The fraction of sp³-hybridized carbons (Fsp3) is 0.263. The molecule has 1 aliphatic heterocycles. The summed E-state index contributed by atoms with van der Waals surface area (Å²) < 4.78 is 81.5. The van der Waals surface area contributed by atoms with Gasteiger partial charge in [0.2, 0.25) is 5.84 Å². The summed E-state index contributed by atoms with van der Waals surface area (Å²) in [5.41, 5.74) is 5.95. The quantitative estimate of drug-likeness (QED) is 0.639. The van der Waals surface area contributed by atoms with E-state index in [9.17, 15) is 31.1 Å². The van der Waals surface area contributed by atoms with Crippen LogP contribution in [0.25, 0.3) is 0 Å². The molecule has 3 rings (SSSR count). The second-order valence-corrected chi connectivity index (χ2v) is 6.59. The topological polar surface area (TPSA) is 80.0 Å². The largest absolute Gasteiger partial charge is 0.455 e. The highest BCUT2D eigenvalue weighted by molar-refractivity contribution is 6.38. The smallest absolute Gasteiger partial charge is 0.370 e. The minimum atomic E-state index is -5.72. The Morgan fingerprint density at radius 3 is 2.48 bits per heavy atom. The zero-order valence-electron chi connectivity index (χ0n) is 15.7.